The van der Waals surface area contributed by atoms with E-state index in [1.54, 1.807) is 0 Å². The van der Waals surface area contributed by atoms with Gasteiger partial charge in [0.2, 0.25) is 10.0 Å². The van der Waals surface area contributed by atoms with Crippen molar-refractivity contribution in [3.63, 3.8) is 0 Å². The fourth-order valence-corrected chi connectivity index (χ4v) is 2.72. The quantitative estimate of drug-likeness (QED) is 0.376. The molecule has 0 aromatic heterocycles. The molecule has 0 aliphatic heterocycles. The molecular weight excluding hydrogens is 256 g/mol. The van der Waals surface area contributed by atoms with E-state index in [4.69, 9.17) is 6.42 Å². The van der Waals surface area contributed by atoms with Gasteiger partial charge < -0.3 is 0 Å². The van der Waals surface area contributed by atoms with Gasteiger partial charge in [-0.25, -0.2) is 13.1 Å². The summed E-state index contributed by atoms with van der Waals surface area (Å²) < 4.78 is 26.1. The van der Waals surface area contributed by atoms with Crippen molar-refractivity contribution < 1.29 is 13.3 Å². The third kappa shape index (κ3) is 3.06. The maximum atomic E-state index is 11.9. The van der Waals surface area contributed by atoms with Crippen LogP contribution >= 0.6 is 0 Å². The number of nitrogens with one attached hydrogen (secondary N) is 1. The van der Waals surface area contributed by atoms with Crippen molar-refractivity contribution in [3.8, 4) is 12.3 Å². The normalized spacial score (nSPS) is 10.9. The molecule has 18 heavy (non-hydrogen) atoms. The molecule has 1 rings (SSSR count). The van der Waals surface area contributed by atoms with Crippen LogP contribution < -0.4 is 4.72 Å². The fraction of sp³-hybridized carbons (Fsp3) is 0.273. The number of hydrogen-bond donors (Lipinski definition) is 1. The lowest BCUT2D eigenvalue weighted by Gasteiger charge is -2.08. The summed E-state index contributed by atoms with van der Waals surface area (Å²) in [5, 5.41) is 10.7. The Morgan fingerprint density at radius 1 is 1.50 bits per heavy atom. The molecule has 0 spiro atoms. The predicted octanol–water partition coefficient (Wildman–Crippen LogP) is 1.20. The molecule has 7 heteroatoms. The van der Waals surface area contributed by atoms with E-state index in [0.29, 0.717) is 0 Å². The average molecular weight is 268 g/mol. The first-order valence-corrected chi connectivity index (χ1v) is 6.55. The first-order chi connectivity index (χ1) is 8.40. The van der Waals surface area contributed by atoms with Crippen LogP contribution in [0.5, 0.6) is 0 Å². The van der Waals surface area contributed by atoms with E-state index < -0.39 is 14.9 Å². The highest BCUT2D eigenvalue weighted by Gasteiger charge is 2.22. The molecule has 6 nitrogen and oxygen atoms in total. The van der Waals surface area contributed by atoms with E-state index in [1.165, 1.54) is 25.1 Å². The second-order valence-corrected chi connectivity index (χ2v) is 5.24. The predicted molar refractivity (Wildman–Crippen MR) is 66.5 cm³/mol. The van der Waals surface area contributed by atoms with Crippen LogP contribution in [0.3, 0.4) is 0 Å². The smallest absolute Gasteiger partial charge is 0.258 e. The molecule has 0 radical (unpaired) electrons. The lowest BCUT2D eigenvalue weighted by Crippen LogP contribution is -2.25. The molecule has 0 aliphatic carbocycles. The van der Waals surface area contributed by atoms with Gasteiger partial charge in [0.15, 0.2) is 0 Å². The zero-order chi connectivity index (χ0) is 13.8. The lowest BCUT2D eigenvalue weighted by molar-refractivity contribution is -0.385. The average Bonchev–Trinajstić information content (AvgIpc) is 2.28. The van der Waals surface area contributed by atoms with Gasteiger partial charge in [0.25, 0.3) is 5.69 Å². The third-order valence-electron chi connectivity index (χ3n) is 2.30. The zero-order valence-corrected chi connectivity index (χ0v) is 10.5. The first-order valence-electron chi connectivity index (χ1n) is 5.07. The number of terminal acetylenes is 1. The number of nitro benzene ring substituents is 1. The van der Waals surface area contributed by atoms with Gasteiger partial charge in [-0.1, -0.05) is 6.07 Å². The van der Waals surface area contributed by atoms with Crippen LogP contribution in [0.4, 0.5) is 5.69 Å². The molecule has 0 aliphatic rings. The van der Waals surface area contributed by atoms with Gasteiger partial charge in [0, 0.05) is 24.6 Å². The van der Waals surface area contributed by atoms with Gasteiger partial charge in [-0.2, -0.15) is 0 Å². The molecule has 0 amide bonds. The van der Waals surface area contributed by atoms with E-state index in [9.17, 15) is 18.5 Å². The summed E-state index contributed by atoms with van der Waals surface area (Å²) >= 11 is 0. The van der Waals surface area contributed by atoms with E-state index >= 15 is 0 Å². The topological polar surface area (TPSA) is 89.3 Å². The van der Waals surface area contributed by atoms with Crippen LogP contribution in [0.2, 0.25) is 0 Å². The van der Waals surface area contributed by atoms with Crippen molar-refractivity contribution in [2.75, 3.05) is 6.54 Å². The van der Waals surface area contributed by atoms with Crippen molar-refractivity contribution >= 4 is 15.7 Å². The summed E-state index contributed by atoms with van der Waals surface area (Å²) in [5.41, 5.74) is -0.120. The van der Waals surface area contributed by atoms with E-state index in [-0.39, 0.29) is 29.1 Å². The Kier molecular flexibility index (Phi) is 4.42. The second-order valence-electron chi connectivity index (χ2n) is 3.51. The molecule has 0 saturated carbocycles. The molecule has 0 fully saturated rings. The molecule has 0 unspecified atom stereocenters. The van der Waals surface area contributed by atoms with Crippen LogP contribution in [-0.4, -0.2) is 19.9 Å². The van der Waals surface area contributed by atoms with Gasteiger partial charge in [-0.05, 0) is 13.0 Å². The molecule has 0 bridgehead atoms. The Hall–Kier alpha value is -1.91. The Labute approximate surface area is 105 Å². The Bertz CT molecular complexity index is 602. The van der Waals surface area contributed by atoms with Crippen LogP contribution in [0.15, 0.2) is 23.1 Å². The van der Waals surface area contributed by atoms with Crippen molar-refractivity contribution in [2.45, 2.75) is 18.2 Å². The van der Waals surface area contributed by atoms with Crippen molar-refractivity contribution in [3.05, 3.63) is 33.9 Å². The molecule has 0 saturated heterocycles. The second kappa shape index (κ2) is 5.62. The minimum absolute atomic E-state index is 0.0982. The number of nitro groups is 1. The van der Waals surface area contributed by atoms with Crippen LogP contribution in [0.25, 0.3) is 0 Å². The lowest BCUT2D eigenvalue weighted by atomic mass is 10.2. The van der Waals surface area contributed by atoms with E-state index in [0.717, 1.165) is 0 Å². The SMILES string of the molecule is C#CCCNS(=O)(=O)c1cccc([N+](=O)[O-])c1C. The van der Waals surface area contributed by atoms with E-state index in [2.05, 4.69) is 10.6 Å². The number of sulfonamides is 1. The van der Waals surface area contributed by atoms with Crippen LogP contribution in [0, 0.1) is 29.4 Å². The molecule has 1 aromatic rings. The Balaban J connectivity index is 3.14. The van der Waals surface area contributed by atoms with Gasteiger partial charge in [-0.3, -0.25) is 10.1 Å². The largest absolute Gasteiger partial charge is 0.273 e. The highest BCUT2D eigenvalue weighted by molar-refractivity contribution is 7.89. The van der Waals surface area contributed by atoms with Crippen LogP contribution in [0.1, 0.15) is 12.0 Å². The molecule has 0 atom stereocenters. The summed E-state index contributed by atoms with van der Waals surface area (Å²) in [6.45, 7) is 1.49. The van der Waals surface area contributed by atoms with Gasteiger partial charge in [-0.15, -0.1) is 12.3 Å². The van der Waals surface area contributed by atoms with Gasteiger partial charge >= 0.3 is 0 Å². The maximum absolute atomic E-state index is 11.9. The zero-order valence-electron chi connectivity index (χ0n) is 9.71. The summed E-state index contributed by atoms with van der Waals surface area (Å²) in [4.78, 5) is 10.0. The van der Waals surface area contributed by atoms with Crippen molar-refractivity contribution in [1.29, 1.82) is 0 Å². The Morgan fingerprint density at radius 3 is 2.72 bits per heavy atom. The number of hydrogen-bond acceptors (Lipinski definition) is 4. The summed E-state index contributed by atoms with van der Waals surface area (Å²) in [7, 11) is -3.77. The minimum atomic E-state index is -3.77. The summed E-state index contributed by atoms with van der Waals surface area (Å²) in [5.74, 6) is 2.30. The highest BCUT2D eigenvalue weighted by Crippen LogP contribution is 2.24. The molecule has 1 N–H and O–H groups in total. The van der Waals surface area contributed by atoms with E-state index in [1.807, 2.05) is 0 Å². The maximum Gasteiger partial charge on any atom is 0.273 e. The van der Waals surface area contributed by atoms with Gasteiger partial charge in [0.1, 0.15) is 0 Å². The monoisotopic (exact) mass is 268 g/mol. The van der Waals surface area contributed by atoms with Crippen LogP contribution in [-0.2, 0) is 10.0 Å². The molecular formula is C11H12N2O4S. The summed E-state index contributed by atoms with van der Waals surface area (Å²) in [6, 6.07) is 3.91. The van der Waals surface area contributed by atoms with Gasteiger partial charge in [0.05, 0.1) is 9.82 Å². The summed E-state index contributed by atoms with van der Waals surface area (Å²) in [6.07, 6.45) is 5.27. The first kappa shape index (κ1) is 14.2. The molecule has 0 heterocycles. The Morgan fingerprint density at radius 2 is 2.17 bits per heavy atom. The minimum Gasteiger partial charge on any atom is -0.258 e. The number of benzene rings is 1. The molecule has 1 aromatic carbocycles. The molecule has 96 valence electrons. The number of rotatable bonds is 5. The number of nitrogens with zero attached hydrogens (tertiary/aromatic N) is 1. The highest BCUT2D eigenvalue weighted by atomic mass is 32.2. The third-order valence-corrected chi connectivity index (χ3v) is 3.91. The van der Waals surface area contributed by atoms with Crippen molar-refractivity contribution in [2.24, 2.45) is 0 Å². The standard InChI is InChI=1S/C11H12N2O4S/c1-3-4-8-12-18(16,17)11-7-5-6-10(9(11)2)13(14)15/h1,5-7,12H,4,8H2,2H3. The fourth-order valence-electron chi connectivity index (χ4n) is 1.43. The van der Waals surface area contributed by atoms with Crippen molar-refractivity contribution in [1.82, 2.24) is 4.72 Å².